The van der Waals surface area contributed by atoms with Gasteiger partial charge in [-0.15, -0.1) is 12.4 Å². The van der Waals surface area contributed by atoms with Gasteiger partial charge in [0.1, 0.15) is 19.0 Å². The normalized spacial score (nSPS) is 19.9. The molecule has 0 amide bonds. The summed E-state index contributed by atoms with van der Waals surface area (Å²) in [6.07, 6.45) is 4.37. The highest BCUT2D eigenvalue weighted by atomic mass is 35.5. The molecule has 1 aromatic carbocycles. The van der Waals surface area contributed by atoms with Crippen molar-refractivity contribution in [1.29, 1.82) is 0 Å². The van der Waals surface area contributed by atoms with Crippen LogP contribution < -0.4 is 20.3 Å². The van der Waals surface area contributed by atoms with E-state index in [0.29, 0.717) is 43.5 Å². The highest BCUT2D eigenvalue weighted by molar-refractivity contribution is 5.85. The molecular weight excluding hydrogens is 459 g/mol. The number of hydrogen-bond acceptors (Lipinski definition) is 6. The third kappa shape index (κ3) is 4.26. The zero-order chi connectivity index (χ0) is 22.4. The zero-order valence-electron chi connectivity index (χ0n) is 18.8. The van der Waals surface area contributed by atoms with E-state index in [1.807, 2.05) is 10.6 Å². The number of pyridine rings is 2. The van der Waals surface area contributed by atoms with Crippen LogP contribution in [0.2, 0.25) is 0 Å². The molecule has 3 aliphatic heterocycles. The topological polar surface area (TPSA) is 68.6 Å². The van der Waals surface area contributed by atoms with E-state index in [-0.39, 0.29) is 29.8 Å². The number of nitrogens with zero attached hydrogens (tertiary/aromatic N) is 3. The standard InChI is InChI=1S/C25H27FN4O3.ClH/c26-21-3-1-16-2-4-24(31)30-19(12-20(21)25(16)30)15-29-7-5-17(6-8-29)27-13-18-11-22-23(14-28-18)33-10-9-32-22;/h1-4,11,14,17,19,27H,5-10,12-13,15H2;1H. The van der Waals surface area contributed by atoms with Gasteiger partial charge in [0, 0.05) is 36.8 Å². The Hall–Kier alpha value is -2.68. The number of ether oxygens (including phenoxy) is 2. The second kappa shape index (κ2) is 9.52. The van der Waals surface area contributed by atoms with Crippen molar-refractivity contribution >= 4 is 23.3 Å². The molecule has 2 aromatic heterocycles. The van der Waals surface area contributed by atoms with E-state index < -0.39 is 0 Å². The van der Waals surface area contributed by atoms with E-state index in [1.54, 1.807) is 24.4 Å². The summed E-state index contributed by atoms with van der Waals surface area (Å²) in [6, 6.07) is 9.03. The van der Waals surface area contributed by atoms with E-state index >= 15 is 0 Å². The lowest BCUT2D eigenvalue weighted by Crippen LogP contribution is -2.44. The van der Waals surface area contributed by atoms with Gasteiger partial charge in [0.15, 0.2) is 11.5 Å². The van der Waals surface area contributed by atoms with Crippen LogP contribution >= 0.6 is 12.4 Å². The summed E-state index contributed by atoms with van der Waals surface area (Å²) in [5.41, 5.74) is 2.36. The second-order valence-electron chi connectivity index (χ2n) is 9.14. The molecule has 3 aromatic rings. The number of fused-ring (bicyclic) bond motifs is 1. The van der Waals surface area contributed by atoms with Gasteiger partial charge in [0.2, 0.25) is 0 Å². The number of halogens is 2. The first-order valence-electron chi connectivity index (χ1n) is 11.7. The smallest absolute Gasteiger partial charge is 0.251 e. The first kappa shape index (κ1) is 23.1. The molecule has 1 fully saturated rings. The van der Waals surface area contributed by atoms with E-state index in [0.717, 1.165) is 54.8 Å². The maximum atomic E-state index is 14.4. The molecule has 1 saturated heterocycles. The largest absolute Gasteiger partial charge is 0.486 e. The van der Waals surface area contributed by atoms with Crippen molar-refractivity contribution in [2.24, 2.45) is 0 Å². The number of hydrogen-bond donors (Lipinski definition) is 1. The van der Waals surface area contributed by atoms with Crippen molar-refractivity contribution in [1.82, 2.24) is 19.8 Å². The SMILES string of the molecule is Cl.O=c1ccc2ccc(F)c3c2n1C(CN1CCC(NCc2cc4c(cn2)OCCO4)CC1)C3. The Balaban J connectivity index is 0.00000241. The Bertz CT molecular complexity index is 1260. The first-order chi connectivity index (χ1) is 16.2. The first-order valence-corrected chi connectivity index (χ1v) is 11.7. The van der Waals surface area contributed by atoms with E-state index in [1.165, 1.54) is 6.07 Å². The Morgan fingerprint density at radius 1 is 1.09 bits per heavy atom. The molecule has 5 heterocycles. The molecule has 1 atom stereocenters. The van der Waals surface area contributed by atoms with Gasteiger partial charge in [-0.3, -0.25) is 9.78 Å². The average Bonchev–Trinajstić information content (AvgIpc) is 3.23. The molecular formula is C25H28ClFN4O3. The average molecular weight is 487 g/mol. The van der Waals surface area contributed by atoms with Crippen LogP contribution in [0.4, 0.5) is 4.39 Å². The van der Waals surface area contributed by atoms with Crippen LogP contribution in [0.1, 0.15) is 30.1 Å². The zero-order valence-corrected chi connectivity index (χ0v) is 19.7. The molecule has 3 aliphatic rings. The molecule has 180 valence electrons. The predicted octanol–water partition coefficient (Wildman–Crippen LogP) is 3.08. The number of piperidine rings is 1. The maximum absolute atomic E-state index is 14.4. The lowest BCUT2D eigenvalue weighted by atomic mass is 10.0. The Labute approximate surface area is 203 Å². The molecule has 7 nitrogen and oxygen atoms in total. The maximum Gasteiger partial charge on any atom is 0.251 e. The van der Waals surface area contributed by atoms with Gasteiger partial charge in [0.25, 0.3) is 5.56 Å². The van der Waals surface area contributed by atoms with Gasteiger partial charge in [-0.05, 0) is 55.9 Å². The van der Waals surface area contributed by atoms with Gasteiger partial charge in [-0.2, -0.15) is 0 Å². The van der Waals surface area contributed by atoms with Crippen LogP contribution in [0.15, 0.2) is 41.3 Å². The van der Waals surface area contributed by atoms with Gasteiger partial charge in [0.05, 0.1) is 23.4 Å². The number of aromatic nitrogens is 2. The van der Waals surface area contributed by atoms with Crippen LogP contribution in [0, 0.1) is 5.82 Å². The molecule has 0 radical (unpaired) electrons. The number of benzene rings is 1. The molecule has 1 N–H and O–H groups in total. The number of nitrogens with one attached hydrogen (secondary N) is 1. The van der Waals surface area contributed by atoms with Crippen molar-refractivity contribution in [3.8, 4) is 11.5 Å². The van der Waals surface area contributed by atoms with Crippen LogP contribution in [0.25, 0.3) is 10.9 Å². The Morgan fingerprint density at radius 3 is 2.68 bits per heavy atom. The molecule has 1 unspecified atom stereocenters. The van der Waals surface area contributed by atoms with E-state index in [4.69, 9.17) is 9.47 Å². The van der Waals surface area contributed by atoms with Crippen LogP contribution in [0.3, 0.4) is 0 Å². The highest BCUT2D eigenvalue weighted by Gasteiger charge is 2.30. The molecule has 0 aliphatic carbocycles. The molecule has 9 heteroatoms. The van der Waals surface area contributed by atoms with Crippen molar-refractivity contribution < 1.29 is 13.9 Å². The molecule has 0 bridgehead atoms. The van der Waals surface area contributed by atoms with Crippen molar-refractivity contribution in [2.45, 2.75) is 37.9 Å². The summed E-state index contributed by atoms with van der Waals surface area (Å²) in [6.45, 7) is 4.50. The molecule has 0 spiro atoms. The third-order valence-electron chi connectivity index (χ3n) is 7.06. The fourth-order valence-corrected chi connectivity index (χ4v) is 5.38. The minimum absolute atomic E-state index is 0. The summed E-state index contributed by atoms with van der Waals surface area (Å²) < 4.78 is 27.4. The Kier molecular flexibility index (Phi) is 6.46. The summed E-state index contributed by atoms with van der Waals surface area (Å²) >= 11 is 0. The van der Waals surface area contributed by atoms with Crippen molar-refractivity contribution in [2.75, 3.05) is 32.8 Å². The summed E-state index contributed by atoms with van der Waals surface area (Å²) in [5, 5.41) is 4.55. The van der Waals surface area contributed by atoms with E-state index in [2.05, 4.69) is 15.2 Å². The van der Waals surface area contributed by atoms with Gasteiger partial charge < -0.3 is 24.3 Å². The summed E-state index contributed by atoms with van der Waals surface area (Å²) in [4.78, 5) is 19.5. The van der Waals surface area contributed by atoms with Crippen molar-refractivity contribution in [3.05, 3.63) is 64.0 Å². The van der Waals surface area contributed by atoms with Gasteiger partial charge >= 0.3 is 0 Å². The van der Waals surface area contributed by atoms with Crippen LogP contribution in [0.5, 0.6) is 11.5 Å². The third-order valence-corrected chi connectivity index (χ3v) is 7.06. The summed E-state index contributed by atoms with van der Waals surface area (Å²) in [5.74, 6) is 1.27. The molecule has 34 heavy (non-hydrogen) atoms. The monoisotopic (exact) mass is 486 g/mol. The molecule has 6 rings (SSSR count). The minimum Gasteiger partial charge on any atom is -0.486 e. The second-order valence-corrected chi connectivity index (χ2v) is 9.14. The predicted molar refractivity (Wildman–Crippen MR) is 130 cm³/mol. The van der Waals surface area contributed by atoms with Gasteiger partial charge in [-0.25, -0.2) is 4.39 Å². The lowest BCUT2D eigenvalue weighted by molar-refractivity contribution is 0.169. The fraction of sp³-hybridized carbons (Fsp3) is 0.440. The van der Waals surface area contributed by atoms with Crippen LogP contribution in [-0.4, -0.2) is 53.3 Å². The summed E-state index contributed by atoms with van der Waals surface area (Å²) in [7, 11) is 0. The fourth-order valence-electron chi connectivity index (χ4n) is 5.38. The molecule has 0 saturated carbocycles. The van der Waals surface area contributed by atoms with Crippen LogP contribution in [-0.2, 0) is 13.0 Å². The minimum atomic E-state index is -0.208. The lowest BCUT2D eigenvalue weighted by Gasteiger charge is -2.34. The highest BCUT2D eigenvalue weighted by Crippen LogP contribution is 2.33. The van der Waals surface area contributed by atoms with E-state index in [9.17, 15) is 9.18 Å². The van der Waals surface area contributed by atoms with Crippen molar-refractivity contribution in [3.63, 3.8) is 0 Å². The van der Waals surface area contributed by atoms with Gasteiger partial charge in [-0.1, -0.05) is 0 Å². The Morgan fingerprint density at radius 2 is 1.85 bits per heavy atom. The number of rotatable bonds is 5. The number of likely N-dealkylation sites (tertiary alicyclic amines) is 1. The quantitative estimate of drug-likeness (QED) is 0.598.